The third kappa shape index (κ3) is 3.07. The van der Waals surface area contributed by atoms with Gasteiger partial charge in [0.15, 0.2) is 0 Å². The third-order valence-electron chi connectivity index (χ3n) is 1.87. The number of hydrogen-bond donors (Lipinski definition) is 3. The molecular formula is C9H16N2O. The minimum atomic E-state index is 0.249. The first kappa shape index (κ1) is 9.29. The van der Waals surface area contributed by atoms with Gasteiger partial charge in [-0.25, -0.2) is 0 Å². The van der Waals surface area contributed by atoms with Crippen molar-refractivity contribution in [2.24, 2.45) is 0 Å². The van der Waals surface area contributed by atoms with Crippen LogP contribution in [0.4, 0.5) is 0 Å². The summed E-state index contributed by atoms with van der Waals surface area (Å²) in [5.74, 6) is 0. The van der Waals surface area contributed by atoms with E-state index in [2.05, 4.69) is 17.2 Å². The molecule has 0 amide bonds. The highest BCUT2D eigenvalue weighted by atomic mass is 16.3. The van der Waals surface area contributed by atoms with Gasteiger partial charge < -0.3 is 15.4 Å². The van der Waals surface area contributed by atoms with E-state index < -0.39 is 0 Å². The molecule has 0 spiro atoms. The van der Waals surface area contributed by atoms with Gasteiger partial charge in [0.25, 0.3) is 0 Å². The fourth-order valence-corrected chi connectivity index (χ4v) is 1.06. The van der Waals surface area contributed by atoms with E-state index in [9.17, 15) is 0 Å². The molecule has 0 aliphatic heterocycles. The standard InChI is InChI=1S/C9H16N2O/c1-8(4-6-12)11-7-9-3-2-5-10-9/h2-3,5,8,10-12H,4,6-7H2,1H3. The molecule has 0 aromatic carbocycles. The molecule has 0 saturated carbocycles. The summed E-state index contributed by atoms with van der Waals surface area (Å²) in [6, 6.07) is 4.39. The van der Waals surface area contributed by atoms with Gasteiger partial charge in [-0.1, -0.05) is 0 Å². The summed E-state index contributed by atoms with van der Waals surface area (Å²) in [5.41, 5.74) is 1.18. The molecule has 3 nitrogen and oxygen atoms in total. The van der Waals surface area contributed by atoms with E-state index >= 15 is 0 Å². The second kappa shape index (κ2) is 4.95. The lowest BCUT2D eigenvalue weighted by Gasteiger charge is -2.10. The van der Waals surface area contributed by atoms with Gasteiger partial charge in [-0.15, -0.1) is 0 Å². The molecule has 1 aromatic rings. The number of aliphatic hydroxyl groups is 1. The summed E-state index contributed by atoms with van der Waals surface area (Å²) >= 11 is 0. The third-order valence-corrected chi connectivity index (χ3v) is 1.87. The predicted molar refractivity (Wildman–Crippen MR) is 48.8 cm³/mol. The van der Waals surface area contributed by atoms with Crippen LogP contribution in [0.1, 0.15) is 19.0 Å². The Labute approximate surface area is 72.8 Å². The SMILES string of the molecule is CC(CCO)NCc1ccc[nH]1. The number of aromatic amines is 1. The first-order valence-electron chi connectivity index (χ1n) is 4.29. The molecule has 1 atom stereocenters. The number of aliphatic hydroxyl groups excluding tert-OH is 1. The Morgan fingerprint density at radius 2 is 2.50 bits per heavy atom. The van der Waals surface area contributed by atoms with Crippen molar-refractivity contribution in [2.45, 2.75) is 25.9 Å². The zero-order valence-electron chi connectivity index (χ0n) is 7.38. The van der Waals surface area contributed by atoms with E-state index in [-0.39, 0.29) is 6.61 Å². The van der Waals surface area contributed by atoms with Gasteiger partial charge in [0.2, 0.25) is 0 Å². The lowest BCUT2D eigenvalue weighted by Crippen LogP contribution is -2.26. The Balaban J connectivity index is 2.17. The van der Waals surface area contributed by atoms with Crippen LogP contribution in [-0.4, -0.2) is 22.7 Å². The van der Waals surface area contributed by atoms with E-state index in [1.165, 1.54) is 5.69 Å². The number of H-pyrrole nitrogens is 1. The number of aromatic nitrogens is 1. The smallest absolute Gasteiger partial charge is 0.0445 e. The van der Waals surface area contributed by atoms with Gasteiger partial charge in [-0.05, 0) is 25.5 Å². The van der Waals surface area contributed by atoms with Crippen molar-refractivity contribution < 1.29 is 5.11 Å². The Morgan fingerprint density at radius 1 is 1.67 bits per heavy atom. The van der Waals surface area contributed by atoms with E-state index in [1.807, 2.05) is 18.3 Å². The molecule has 0 saturated heterocycles. The Morgan fingerprint density at radius 3 is 3.08 bits per heavy atom. The first-order valence-corrected chi connectivity index (χ1v) is 4.29. The van der Waals surface area contributed by atoms with Crippen molar-refractivity contribution in [1.29, 1.82) is 0 Å². The summed E-state index contributed by atoms with van der Waals surface area (Å²) in [4.78, 5) is 3.11. The fourth-order valence-electron chi connectivity index (χ4n) is 1.06. The molecule has 0 aliphatic rings. The maximum Gasteiger partial charge on any atom is 0.0445 e. The van der Waals surface area contributed by atoms with E-state index in [0.29, 0.717) is 6.04 Å². The lowest BCUT2D eigenvalue weighted by molar-refractivity contribution is 0.268. The zero-order chi connectivity index (χ0) is 8.81. The highest BCUT2D eigenvalue weighted by molar-refractivity contribution is 5.02. The number of nitrogens with one attached hydrogen (secondary N) is 2. The molecule has 3 N–H and O–H groups in total. The summed E-state index contributed by atoms with van der Waals surface area (Å²) < 4.78 is 0. The highest BCUT2D eigenvalue weighted by Crippen LogP contribution is 1.95. The van der Waals surface area contributed by atoms with E-state index in [0.717, 1.165) is 13.0 Å². The van der Waals surface area contributed by atoms with Crippen LogP contribution in [0, 0.1) is 0 Å². The molecule has 0 fully saturated rings. The predicted octanol–water partition coefficient (Wildman–Crippen LogP) is 0.875. The lowest BCUT2D eigenvalue weighted by atomic mass is 10.2. The van der Waals surface area contributed by atoms with Crippen molar-refractivity contribution in [3.63, 3.8) is 0 Å². The maximum absolute atomic E-state index is 8.65. The fraction of sp³-hybridized carbons (Fsp3) is 0.556. The average Bonchev–Trinajstić information content (AvgIpc) is 2.53. The van der Waals surface area contributed by atoms with Crippen LogP contribution in [0.5, 0.6) is 0 Å². The molecule has 1 unspecified atom stereocenters. The minimum Gasteiger partial charge on any atom is -0.396 e. The normalized spacial score (nSPS) is 13.2. The Bertz CT molecular complexity index is 196. The monoisotopic (exact) mass is 168 g/mol. The Kier molecular flexibility index (Phi) is 3.84. The average molecular weight is 168 g/mol. The molecule has 12 heavy (non-hydrogen) atoms. The molecule has 68 valence electrons. The van der Waals surface area contributed by atoms with Crippen molar-refractivity contribution >= 4 is 0 Å². The number of rotatable bonds is 5. The Hall–Kier alpha value is -0.800. The van der Waals surface area contributed by atoms with Crippen molar-refractivity contribution in [2.75, 3.05) is 6.61 Å². The minimum absolute atomic E-state index is 0.249. The molecule has 1 rings (SSSR count). The summed E-state index contributed by atoms with van der Waals surface area (Å²) in [7, 11) is 0. The second-order valence-corrected chi connectivity index (χ2v) is 2.99. The molecule has 3 heteroatoms. The maximum atomic E-state index is 8.65. The van der Waals surface area contributed by atoms with Crippen LogP contribution in [0.15, 0.2) is 18.3 Å². The molecule has 0 radical (unpaired) electrons. The van der Waals surface area contributed by atoms with Gasteiger partial charge in [-0.2, -0.15) is 0 Å². The van der Waals surface area contributed by atoms with Crippen LogP contribution in [0.2, 0.25) is 0 Å². The molecule has 0 bridgehead atoms. The molecular weight excluding hydrogens is 152 g/mol. The van der Waals surface area contributed by atoms with Crippen molar-refractivity contribution in [3.8, 4) is 0 Å². The van der Waals surface area contributed by atoms with Gasteiger partial charge in [0, 0.05) is 31.1 Å². The topological polar surface area (TPSA) is 48.0 Å². The zero-order valence-corrected chi connectivity index (χ0v) is 7.38. The molecule has 0 aliphatic carbocycles. The summed E-state index contributed by atoms with van der Waals surface area (Å²) in [6.45, 7) is 3.16. The van der Waals surface area contributed by atoms with Crippen LogP contribution in [-0.2, 0) is 6.54 Å². The van der Waals surface area contributed by atoms with Crippen molar-refractivity contribution in [1.82, 2.24) is 10.3 Å². The van der Waals surface area contributed by atoms with Gasteiger partial charge in [0.1, 0.15) is 0 Å². The van der Waals surface area contributed by atoms with E-state index in [1.54, 1.807) is 0 Å². The summed E-state index contributed by atoms with van der Waals surface area (Å²) in [6.07, 6.45) is 2.72. The highest BCUT2D eigenvalue weighted by Gasteiger charge is 1.99. The van der Waals surface area contributed by atoms with Crippen LogP contribution >= 0.6 is 0 Å². The summed E-state index contributed by atoms with van der Waals surface area (Å²) in [5, 5.41) is 11.9. The first-order chi connectivity index (χ1) is 5.83. The molecule has 1 heterocycles. The van der Waals surface area contributed by atoms with Crippen LogP contribution in [0.3, 0.4) is 0 Å². The van der Waals surface area contributed by atoms with Crippen LogP contribution < -0.4 is 5.32 Å². The largest absolute Gasteiger partial charge is 0.396 e. The second-order valence-electron chi connectivity index (χ2n) is 2.99. The van der Waals surface area contributed by atoms with Gasteiger partial charge in [0.05, 0.1) is 0 Å². The van der Waals surface area contributed by atoms with Gasteiger partial charge in [-0.3, -0.25) is 0 Å². The van der Waals surface area contributed by atoms with Crippen molar-refractivity contribution in [3.05, 3.63) is 24.0 Å². The number of hydrogen-bond acceptors (Lipinski definition) is 2. The van der Waals surface area contributed by atoms with E-state index in [4.69, 9.17) is 5.11 Å². The van der Waals surface area contributed by atoms with Crippen LogP contribution in [0.25, 0.3) is 0 Å². The quantitative estimate of drug-likeness (QED) is 0.611. The van der Waals surface area contributed by atoms with Gasteiger partial charge >= 0.3 is 0 Å². The molecule has 1 aromatic heterocycles.